The highest BCUT2D eigenvalue weighted by molar-refractivity contribution is 5.86. The van der Waals surface area contributed by atoms with E-state index in [0.717, 1.165) is 24.2 Å². The summed E-state index contributed by atoms with van der Waals surface area (Å²) >= 11 is 0. The fraction of sp³-hybridized carbons (Fsp3) is 0.364. The van der Waals surface area contributed by atoms with Crippen LogP contribution in [0.2, 0.25) is 0 Å². The average molecular weight is 220 g/mol. The summed E-state index contributed by atoms with van der Waals surface area (Å²) in [5.41, 5.74) is 7.92. The van der Waals surface area contributed by atoms with Crippen molar-refractivity contribution < 1.29 is 4.42 Å². The van der Waals surface area contributed by atoms with E-state index in [1.165, 1.54) is 0 Å². The van der Waals surface area contributed by atoms with E-state index in [1.807, 2.05) is 37.2 Å². The van der Waals surface area contributed by atoms with Crippen molar-refractivity contribution in [1.29, 1.82) is 0 Å². The number of nitrogen functional groups attached to an aromatic ring is 1. The highest BCUT2D eigenvalue weighted by atomic mass is 16.4. The number of nitrogens with one attached hydrogen (secondary N) is 1. The third-order valence-electron chi connectivity index (χ3n) is 2.46. The van der Waals surface area contributed by atoms with Crippen LogP contribution in [0.15, 0.2) is 22.6 Å². The molecule has 0 radical (unpaired) electrons. The highest BCUT2D eigenvalue weighted by Gasteiger charge is 2.11. The van der Waals surface area contributed by atoms with E-state index >= 15 is 0 Å². The third kappa shape index (κ3) is 1.94. The summed E-state index contributed by atoms with van der Waals surface area (Å²) < 4.78 is 5.61. The van der Waals surface area contributed by atoms with Crippen LogP contribution in [0.5, 0.6) is 0 Å². The van der Waals surface area contributed by atoms with Crippen molar-refractivity contribution in [3.8, 4) is 0 Å². The molecule has 1 aromatic heterocycles. The molecular formula is C11H16N4O. The van der Waals surface area contributed by atoms with E-state index in [-0.39, 0.29) is 0 Å². The fourth-order valence-corrected chi connectivity index (χ4v) is 1.50. The van der Waals surface area contributed by atoms with Crippen LogP contribution in [-0.2, 0) is 0 Å². The molecule has 0 saturated carbocycles. The molecule has 86 valence electrons. The van der Waals surface area contributed by atoms with Gasteiger partial charge in [-0.1, -0.05) is 6.07 Å². The maximum absolute atomic E-state index is 5.82. The second kappa shape index (κ2) is 4.40. The van der Waals surface area contributed by atoms with Crippen molar-refractivity contribution in [2.24, 2.45) is 0 Å². The Morgan fingerprint density at radius 1 is 1.50 bits per heavy atom. The molecule has 1 heterocycles. The Balaban J connectivity index is 2.29. The number of hydrogen-bond donors (Lipinski definition) is 2. The van der Waals surface area contributed by atoms with Gasteiger partial charge in [0.05, 0.1) is 5.69 Å². The minimum Gasteiger partial charge on any atom is -0.423 e. The standard InChI is InChI=1S/C11H16N4O/c1-13-6-7-15(2)11-14-10-8(12)4-3-5-9(10)16-11/h3-5,13H,6-7,12H2,1-2H3. The number of nitrogens with zero attached hydrogens (tertiary/aromatic N) is 2. The molecule has 3 N–H and O–H groups in total. The van der Waals surface area contributed by atoms with E-state index in [0.29, 0.717) is 11.7 Å². The number of fused-ring (bicyclic) bond motifs is 1. The van der Waals surface area contributed by atoms with Crippen LogP contribution < -0.4 is 16.0 Å². The Morgan fingerprint density at radius 2 is 2.31 bits per heavy atom. The van der Waals surface area contributed by atoms with Gasteiger partial charge in [0.15, 0.2) is 5.58 Å². The van der Waals surface area contributed by atoms with Crippen molar-refractivity contribution in [3.63, 3.8) is 0 Å². The Labute approximate surface area is 94.2 Å². The van der Waals surface area contributed by atoms with Gasteiger partial charge in [0.2, 0.25) is 0 Å². The first kappa shape index (κ1) is 10.8. The first-order valence-corrected chi connectivity index (χ1v) is 5.23. The number of likely N-dealkylation sites (N-methyl/N-ethyl adjacent to an activating group) is 2. The van der Waals surface area contributed by atoms with Gasteiger partial charge in [-0.2, -0.15) is 4.98 Å². The predicted octanol–water partition coefficient (Wildman–Crippen LogP) is 1.07. The van der Waals surface area contributed by atoms with Crippen molar-refractivity contribution in [1.82, 2.24) is 10.3 Å². The molecule has 0 aliphatic rings. The second-order valence-corrected chi connectivity index (χ2v) is 3.72. The third-order valence-corrected chi connectivity index (χ3v) is 2.46. The van der Waals surface area contributed by atoms with Crippen LogP contribution in [-0.4, -0.2) is 32.2 Å². The topological polar surface area (TPSA) is 67.3 Å². The molecule has 0 saturated heterocycles. The van der Waals surface area contributed by atoms with Crippen molar-refractivity contribution in [2.75, 3.05) is 37.8 Å². The smallest absolute Gasteiger partial charge is 0.298 e. The molecule has 2 rings (SSSR count). The zero-order valence-corrected chi connectivity index (χ0v) is 9.53. The molecule has 0 atom stereocenters. The maximum Gasteiger partial charge on any atom is 0.298 e. The lowest BCUT2D eigenvalue weighted by Gasteiger charge is -2.13. The summed E-state index contributed by atoms with van der Waals surface area (Å²) in [6.45, 7) is 1.72. The highest BCUT2D eigenvalue weighted by Crippen LogP contribution is 2.24. The minimum absolute atomic E-state index is 0.600. The van der Waals surface area contributed by atoms with E-state index in [9.17, 15) is 0 Å². The molecule has 0 fully saturated rings. The van der Waals surface area contributed by atoms with Gasteiger partial charge in [0.25, 0.3) is 6.01 Å². The number of para-hydroxylation sites is 1. The van der Waals surface area contributed by atoms with Crippen LogP contribution in [0, 0.1) is 0 Å². The molecule has 0 aliphatic carbocycles. The number of aromatic nitrogens is 1. The van der Waals surface area contributed by atoms with Crippen LogP contribution >= 0.6 is 0 Å². The van der Waals surface area contributed by atoms with Gasteiger partial charge in [0.1, 0.15) is 5.52 Å². The van der Waals surface area contributed by atoms with Crippen LogP contribution in [0.1, 0.15) is 0 Å². The Kier molecular flexibility index (Phi) is 2.96. The van der Waals surface area contributed by atoms with Crippen molar-refractivity contribution in [3.05, 3.63) is 18.2 Å². The van der Waals surface area contributed by atoms with Gasteiger partial charge in [-0.15, -0.1) is 0 Å². The van der Waals surface area contributed by atoms with Gasteiger partial charge in [-0.3, -0.25) is 0 Å². The molecular weight excluding hydrogens is 204 g/mol. The quantitative estimate of drug-likeness (QED) is 0.754. The molecule has 0 spiro atoms. The van der Waals surface area contributed by atoms with Crippen LogP contribution in [0.4, 0.5) is 11.7 Å². The fourth-order valence-electron chi connectivity index (χ4n) is 1.50. The first-order chi connectivity index (χ1) is 7.72. The summed E-state index contributed by atoms with van der Waals surface area (Å²) in [5, 5.41) is 3.08. The lowest BCUT2D eigenvalue weighted by Crippen LogP contribution is -2.27. The number of benzene rings is 1. The van der Waals surface area contributed by atoms with E-state index in [1.54, 1.807) is 0 Å². The average Bonchev–Trinajstić information content (AvgIpc) is 2.71. The van der Waals surface area contributed by atoms with E-state index in [2.05, 4.69) is 10.3 Å². The zero-order valence-electron chi connectivity index (χ0n) is 9.53. The summed E-state index contributed by atoms with van der Waals surface area (Å²) in [6.07, 6.45) is 0. The lowest BCUT2D eigenvalue weighted by molar-refractivity contribution is 0.579. The predicted molar refractivity (Wildman–Crippen MR) is 65.6 cm³/mol. The minimum atomic E-state index is 0.600. The Morgan fingerprint density at radius 3 is 3.00 bits per heavy atom. The van der Waals surface area contributed by atoms with Gasteiger partial charge >= 0.3 is 0 Å². The SMILES string of the molecule is CNCCN(C)c1nc2c(N)cccc2o1. The van der Waals surface area contributed by atoms with Gasteiger partial charge in [-0.05, 0) is 19.2 Å². The second-order valence-electron chi connectivity index (χ2n) is 3.72. The van der Waals surface area contributed by atoms with E-state index in [4.69, 9.17) is 10.2 Å². The largest absolute Gasteiger partial charge is 0.423 e. The molecule has 5 heteroatoms. The number of nitrogens with two attached hydrogens (primary N) is 1. The normalized spacial score (nSPS) is 10.9. The van der Waals surface area contributed by atoms with Crippen LogP contribution in [0.3, 0.4) is 0 Å². The Hall–Kier alpha value is -1.75. The number of hydrogen-bond acceptors (Lipinski definition) is 5. The molecule has 0 bridgehead atoms. The molecule has 0 aliphatic heterocycles. The first-order valence-electron chi connectivity index (χ1n) is 5.23. The van der Waals surface area contributed by atoms with E-state index < -0.39 is 0 Å². The molecule has 0 amide bonds. The summed E-state index contributed by atoms with van der Waals surface area (Å²) in [4.78, 5) is 6.33. The van der Waals surface area contributed by atoms with Gasteiger partial charge in [-0.25, -0.2) is 0 Å². The molecule has 1 aromatic carbocycles. The molecule has 0 unspecified atom stereocenters. The Bertz CT molecular complexity index is 480. The molecule has 16 heavy (non-hydrogen) atoms. The summed E-state index contributed by atoms with van der Waals surface area (Å²) in [6, 6.07) is 6.15. The molecule has 5 nitrogen and oxygen atoms in total. The summed E-state index contributed by atoms with van der Waals surface area (Å²) in [7, 11) is 3.86. The maximum atomic E-state index is 5.82. The number of anilines is 2. The van der Waals surface area contributed by atoms with Crippen LogP contribution in [0.25, 0.3) is 11.1 Å². The van der Waals surface area contributed by atoms with Crippen molar-refractivity contribution >= 4 is 22.8 Å². The van der Waals surface area contributed by atoms with Crippen molar-refractivity contribution in [2.45, 2.75) is 0 Å². The number of oxazole rings is 1. The summed E-state index contributed by atoms with van der Waals surface area (Å²) in [5.74, 6) is 0. The van der Waals surface area contributed by atoms with Gasteiger partial charge < -0.3 is 20.4 Å². The zero-order chi connectivity index (χ0) is 11.5. The monoisotopic (exact) mass is 220 g/mol. The number of rotatable bonds is 4. The van der Waals surface area contributed by atoms with Gasteiger partial charge in [0, 0.05) is 20.1 Å². The lowest BCUT2D eigenvalue weighted by atomic mass is 10.3. The molecule has 2 aromatic rings.